The Morgan fingerprint density at radius 3 is 2.71 bits per heavy atom. The minimum absolute atomic E-state index is 0.326. The van der Waals surface area contributed by atoms with Crippen molar-refractivity contribution in [3.8, 4) is 5.69 Å². The van der Waals surface area contributed by atoms with Crippen molar-refractivity contribution >= 4 is 15.9 Å². The molecular weight excluding hydrogens is 366 g/mol. The Bertz CT molecular complexity index is 676. The predicted molar refractivity (Wildman–Crippen MR) is 98.9 cm³/mol. The minimum atomic E-state index is 0.326. The van der Waals surface area contributed by atoms with Crippen LogP contribution in [-0.2, 0) is 6.54 Å². The second-order valence-electron chi connectivity index (χ2n) is 7.70. The van der Waals surface area contributed by atoms with Gasteiger partial charge in [-0.05, 0) is 62.7 Å². The van der Waals surface area contributed by atoms with Gasteiger partial charge in [0.1, 0.15) is 0 Å². The zero-order valence-corrected chi connectivity index (χ0v) is 16.3. The van der Waals surface area contributed by atoms with Gasteiger partial charge in [0.05, 0.1) is 12.2 Å². The first-order valence-electron chi connectivity index (χ1n) is 8.72. The van der Waals surface area contributed by atoms with Crippen LogP contribution in [0.2, 0.25) is 0 Å². The topological polar surface area (TPSA) is 55.6 Å². The van der Waals surface area contributed by atoms with Gasteiger partial charge in [-0.25, -0.2) is 0 Å². The summed E-state index contributed by atoms with van der Waals surface area (Å²) in [5.41, 5.74) is 1.29. The number of rotatable bonds is 4. The van der Waals surface area contributed by atoms with Gasteiger partial charge >= 0.3 is 0 Å². The SMILES string of the molecule is CC(C)(C)[C@H]1CCCC[C@H]1NCc1nnnn1-c1ccccc1Br. The van der Waals surface area contributed by atoms with E-state index >= 15 is 0 Å². The summed E-state index contributed by atoms with van der Waals surface area (Å²) in [4.78, 5) is 0. The Morgan fingerprint density at radius 2 is 1.96 bits per heavy atom. The molecule has 24 heavy (non-hydrogen) atoms. The van der Waals surface area contributed by atoms with E-state index in [1.54, 1.807) is 0 Å². The highest BCUT2D eigenvalue weighted by molar-refractivity contribution is 9.10. The molecule has 1 N–H and O–H groups in total. The lowest BCUT2D eigenvalue weighted by molar-refractivity contribution is 0.129. The molecule has 2 atom stereocenters. The number of nitrogens with zero attached hydrogens (tertiary/aromatic N) is 4. The largest absolute Gasteiger partial charge is 0.307 e. The maximum atomic E-state index is 4.22. The molecule has 1 heterocycles. The number of hydrogen-bond donors (Lipinski definition) is 1. The van der Waals surface area contributed by atoms with Crippen molar-refractivity contribution in [1.29, 1.82) is 0 Å². The van der Waals surface area contributed by atoms with Gasteiger partial charge in [0.25, 0.3) is 0 Å². The van der Waals surface area contributed by atoms with E-state index in [4.69, 9.17) is 0 Å². The Balaban J connectivity index is 1.74. The summed E-state index contributed by atoms with van der Waals surface area (Å²) < 4.78 is 2.80. The fraction of sp³-hybridized carbons (Fsp3) is 0.611. The molecule has 0 radical (unpaired) electrons. The van der Waals surface area contributed by atoms with Crippen LogP contribution in [0.15, 0.2) is 28.7 Å². The van der Waals surface area contributed by atoms with E-state index < -0.39 is 0 Å². The molecular formula is C18H26BrN5. The summed E-state index contributed by atoms with van der Waals surface area (Å²) >= 11 is 3.58. The van der Waals surface area contributed by atoms with E-state index in [2.05, 4.69) is 57.5 Å². The molecule has 2 aromatic rings. The van der Waals surface area contributed by atoms with Crippen LogP contribution in [-0.4, -0.2) is 26.2 Å². The lowest BCUT2D eigenvalue weighted by Gasteiger charge is -2.41. The van der Waals surface area contributed by atoms with Crippen LogP contribution < -0.4 is 5.32 Å². The van der Waals surface area contributed by atoms with Gasteiger partial charge in [-0.15, -0.1) is 5.10 Å². The molecule has 0 spiro atoms. The minimum Gasteiger partial charge on any atom is -0.307 e. The molecule has 1 fully saturated rings. The average molecular weight is 392 g/mol. The maximum absolute atomic E-state index is 4.22. The van der Waals surface area contributed by atoms with Gasteiger partial charge in [0.2, 0.25) is 0 Å². The third-order valence-electron chi connectivity index (χ3n) is 5.02. The van der Waals surface area contributed by atoms with Crippen molar-refractivity contribution in [3.05, 3.63) is 34.6 Å². The van der Waals surface area contributed by atoms with Crippen molar-refractivity contribution in [2.24, 2.45) is 11.3 Å². The highest BCUT2D eigenvalue weighted by Crippen LogP contribution is 2.38. The predicted octanol–water partition coefficient (Wildman–Crippen LogP) is 4.12. The quantitative estimate of drug-likeness (QED) is 0.851. The molecule has 1 aromatic carbocycles. The van der Waals surface area contributed by atoms with Gasteiger partial charge in [-0.3, -0.25) is 0 Å². The van der Waals surface area contributed by atoms with E-state index in [1.165, 1.54) is 25.7 Å². The fourth-order valence-corrected chi connectivity index (χ4v) is 4.21. The number of hydrogen-bond acceptors (Lipinski definition) is 4. The standard InChI is InChI=1S/C18H26BrN5/c1-18(2,3)13-8-4-6-10-15(13)20-12-17-21-22-23-24(17)16-11-7-5-9-14(16)19/h5,7,9,11,13,15,20H,4,6,8,10,12H2,1-3H3/t13-,15+/m0/s1. The molecule has 5 nitrogen and oxygen atoms in total. The van der Waals surface area contributed by atoms with Crippen LogP contribution >= 0.6 is 15.9 Å². The summed E-state index contributed by atoms with van der Waals surface area (Å²) in [6.45, 7) is 7.74. The molecule has 0 saturated heterocycles. The van der Waals surface area contributed by atoms with Crippen LogP contribution in [0, 0.1) is 11.3 Å². The number of nitrogens with one attached hydrogen (secondary N) is 1. The first kappa shape index (κ1) is 17.5. The maximum Gasteiger partial charge on any atom is 0.170 e. The lowest BCUT2D eigenvalue weighted by atomic mass is 9.69. The van der Waals surface area contributed by atoms with E-state index in [0.717, 1.165) is 16.0 Å². The van der Waals surface area contributed by atoms with Gasteiger partial charge in [0, 0.05) is 10.5 Å². The zero-order valence-electron chi connectivity index (χ0n) is 14.7. The molecule has 1 saturated carbocycles. The number of aromatic nitrogens is 4. The first-order chi connectivity index (χ1) is 11.5. The summed E-state index contributed by atoms with van der Waals surface area (Å²) in [6.07, 6.45) is 5.18. The first-order valence-corrected chi connectivity index (χ1v) is 9.51. The summed E-state index contributed by atoms with van der Waals surface area (Å²) in [7, 11) is 0. The van der Waals surface area contributed by atoms with Gasteiger partial charge in [-0.1, -0.05) is 45.7 Å². The monoisotopic (exact) mass is 391 g/mol. The molecule has 1 aliphatic rings. The number of tetrazole rings is 1. The van der Waals surface area contributed by atoms with E-state index in [-0.39, 0.29) is 0 Å². The Kier molecular flexibility index (Phi) is 5.35. The fourth-order valence-electron chi connectivity index (χ4n) is 3.76. The second-order valence-corrected chi connectivity index (χ2v) is 8.56. The van der Waals surface area contributed by atoms with Crippen LogP contribution in [0.3, 0.4) is 0 Å². The normalized spacial score (nSPS) is 21.8. The molecule has 0 bridgehead atoms. The van der Waals surface area contributed by atoms with Crippen molar-refractivity contribution in [1.82, 2.24) is 25.5 Å². The van der Waals surface area contributed by atoms with Crippen LogP contribution in [0.5, 0.6) is 0 Å². The number of para-hydroxylation sites is 1. The van der Waals surface area contributed by atoms with Gasteiger partial charge < -0.3 is 5.32 Å². The van der Waals surface area contributed by atoms with Crippen molar-refractivity contribution in [2.75, 3.05) is 0 Å². The van der Waals surface area contributed by atoms with Crippen LogP contribution in [0.4, 0.5) is 0 Å². The zero-order chi connectivity index (χ0) is 17.2. The Morgan fingerprint density at radius 1 is 1.21 bits per heavy atom. The average Bonchev–Trinajstić information content (AvgIpc) is 3.01. The third-order valence-corrected chi connectivity index (χ3v) is 5.69. The highest BCUT2D eigenvalue weighted by atomic mass is 79.9. The van der Waals surface area contributed by atoms with Gasteiger partial charge in [-0.2, -0.15) is 4.68 Å². The third kappa shape index (κ3) is 3.86. The number of benzene rings is 1. The molecule has 130 valence electrons. The highest BCUT2D eigenvalue weighted by Gasteiger charge is 2.34. The number of halogens is 1. The van der Waals surface area contributed by atoms with E-state index in [1.807, 2.05) is 28.9 Å². The summed E-state index contributed by atoms with van der Waals surface area (Å²) in [5, 5.41) is 16.0. The lowest BCUT2D eigenvalue weighted by Crippen LogP contribution is -2.44. The Hall–Kier alpha value is -1.27. The molecule has 3 rings (SSSR count). The van der Waals surface area contributed by atoms with E-state index in [0.29, 0.717) is 23.9 Å². The summed E-state index contributed by atoms with van der Waals surface area (Å²) in [6, 6.07) is 8.54. The van der Waals surface area contributed by atoms with E-state index in [9.17, 15) is 0 Å². The molecule has 1 aromatic heterocycles. The molecule has 0 amide bonds. The molecule has 1 aliphatic carbocycles. The molecule has 0 unspecified atom stereocenters. The smallest absolute Gasteiger partial charge is 0.170 e. The molecule has 6 heteroatoms. The second kappa shape index (κ2) is 7.31. The van der Waals surface area contributed by atoms with Crippen LogP contribution in [0.1, 0.15) is 52.3 Å². The van der Waals surface area contributed by atoms with Crippen molar-refractivity contribution in [3.63, 3.8) is 0 Å². The van der Waals surface area contributed by atoms with Crippen LogP contribution in [0.25, 0.3) is 5.69 Å². The van der Waals surface area contributed by atoms with Crippen molar-refractivity contribution in [2.45, 2.75) is 59.0 Å². The van der Waals surface area contributed by atoms with Gasteiger partial charge in [0.15, 0.2) is 5.82 Å². The molecule has 0 aliphatic heterocycles. The summed E-state index contributed by atoms with van der Waals surface area (Å²) in [5.74, 6) is 1.54. The Labute approximate surface area is 152 Å². The van der Waals surface area contributed by atoms with Crippen molar-refractivity contribution < 1.29 is 0 Å².